The van der Waals surface area contributed by atoms with Crippen LogP contribution in [0.1, 0.15) is 45.1 Å². The molecule has 1 unspecified atom stereocenters. The SMILES string of the molecule is C[C@@H](O)c1cc([N+](=O)[O-])c(N2CCC(C(C)(C)C)C2)s1. The van der Waals surface area contributed by atoms with Crippen LogP contribution in [0.15, 0.2) is 6.07 Å². The molecule has 0 bridgehead atoms. The molecule has 2 atom stereocenters. The highest BCUT2D eigenvalue weighted by atomic mass is 32.1. The van der Waals surface area contributed by atoms with E-state index in [1.54, 1.807) is 6.92 Å². The summed E-state index contributed by atoms with van der Waals surface area (Å²) in [5.74, 6) is 0.541. The summed E-state index contributed by atoms with van der Waals surface area (Å²) in [4.78, 5) is 13.6. The smallest absolute Gasteiger partial charge is 0.304 e. The third-order valence-electron chi connectivity index (χ3n) is 4.02. The Bertz CT molecular complexity index is 505. The van der Waals surface area contributed by atoms with E-state index in [0.717, 1.165) is 19.5 Å². The number of hydrogen-bond acceptors (Lipinski definition) is 5. The lowest BCUT2D eigenvalue weighted by atomic mass is 9.80. The molecule has 20 heavy (non-hydrogen) atoms. The molecule has 1 fully saturated rings. The largest absolute Gasteiger partial charge is 0.388 e. The van der Waals surface area contributed by atoms with Gasteiger partial charge in [0.1, 0.15) is 0 Å². The quantitative estimate of drug-likeness (QED) is 0.684. The van der Waals surface area contributed by atoms with Crippen LogP contribution in [0.2, 0.25) is 0 Å². The third-order valence-corrected chi connectivity index (χ3v) is 5.38. The zero-order chi connectivity index (χ0) is 15.1. The second-order valence-electron chi connectivity index (χ2n) is 6.57. The fourth-order valence-corrected chi connectivity index (χ4v) is 3.70. The Labute approximate surface area is 123 Å². The van der Waals surface area contributed by atoms with Crippen molar-refractivity contribution in [1.29, 1.82) is 0 Å². The average molecular weight is 298 g/mol. The van der Waals surface area contributed by atoms with E-state index >= 15 is 0 Å². The van der Waals surface area contributed by atoms with Crippen LogP contribution in [0.25, 0.3) is 0 Å². The van der Waals surface area contributed by atoms with Gasteiger partial charge in [-0.15, -0.1) is 11.3 Å². The molecule has 1 saturated heterocycles. The van der Waals surface area contributed by atoms with E-state index in [1.165, 1.54) is 17.4 Å². The zero-order valence-corrected chi connectivity index (χ0v) is 13.2. The molecule has 0 aliphatic carbocycles. The molecule has 0 aromatic carbocycles. The van der Waals surface area contributed by atoms with Gasteiger partial charge in [0.25, 0.3) is 0 Å². The van der Waals surface area contributed by atoms with E-state index in [-0.39, 0.29) is 16.0 Å². The van der Waals surface area contributed by atoms with Crippen molar-refractivity contribution in [1.82, 2.24) is 0 Å². The average Bonchev–Trinajstić information content (AvgIpc) is 2.94. The number of rotatable bonds is 3. The number of aliphatic hydroxyl groups is 1. The minimum absolute atomic E-state index is 0.125. The van der Waals surface area contributed by atoms with Gasteiger partial charge in [-0.25, -0.2) is 0 Å². The molecule has 112 valence electrons. The van der Waals surface area contributed by atoms with Crippen molar-refractivity contribution in [3.8, 4) is 0 Å². The van der Waals surface area contributed by atoms with E-state index in [0.29, 0.717) is 15.8 Å². The minimum atomic E-state index is -0.659. The monoisotopic (exact) mass is 298 g/mol. The molecule has 0 amide bonds. The zero-order valence-electron chi connectivity index (χ0n) is 12.4. The lowest BCUT2D eigenvalue weighted by Crippen LogP contribution is -2.25. The summed E-state index contributed by atoms with van der Waals surface area (Å²) in [5, 5.41) is 21.5. The summed E-state index contributed by atoms with van der Waals surface area (Å²) in [6.07, 6.45) is 0.399. The van der Waals surface area contributed by atoms with E-state index in [9.17, 15) is 15.2 Å². The summed E-state index contributed by atoms with van der Waals surface area (Å²) in [6.45, 7) is 9.98. The topological polar surface area (TPSA) is 66.6 Å². The molecule has 2 rings (SSSR count). The van der Waals surface area contributed by atoms with Crippen molar-refractivity contribution < 1.29 is 10.0 Å². The first-order chi connectivity index (χ1) is 9.20. The van der Waals surface area contributed by atoms with E-state index < -0.39 is 6.10 Å². The van der Waals surface area contributed by atoms with Crippen molar-refractivity contribution in [3.63, 3.8) is 0 Å². The molecule has 1 aromatic rings. The van der Waals surface area contributed by atoms with Gasteiger partial charge in [0.2, 0.25) is 0 Å². The number of nitrogens with zero attached hydrogens (tertiary/aromatic N) is 2. The predicted molar refractivity (Wildman–Crippen MR) is 81.4 cm³/mol. The maximum atomic E-state index is 11.2. The number of aliphatic hydroxyl groups excluding tert-OH is 1. The number of thiophene rings is 1. The molecule has 5 nitrogen and oxygen atoms in total. The van der Waals surface area contributed by atoms with Crippen molar-refractivity contribution >= 4 is 22.0 Å². The van der Waals surface area contributed by atoms with Crippen LogP contribution in [-0.2, 0) is 0 Å². The normalized spacial score (nSPS) is 21.2. The molecule has 6 heteroatoms. The first kappa shape index (κ1) is 15.3. The molecular weight excluding hydrogens is 276 g/mol. The highest BCUT2D eigenvalue weighted by Gasteiger charge is 2.35. The van der Waals surface area contributed by atoms with E-state index in [4.69, 9.17) is 0 Å². The van der Waals surface area contributed by atoms with Crippen molar-refractivity contribution in [3.05, 3.63) is 21.1 Å². The lowest BCUT2D eigenvalue weighted by Gasteiger charge is -2.27. The van der Waals surface area contributed by atoms with Gasteiger partial charge in [-0.1, -0.05) is 20.8 Å². The fourth-order valence-electron chi connectivity index (χ4n) is 2.60. The Hall–Kier alpha value is -1.14. The van der Waals surface area contributed by atoms with Gasteiger partial charge in [-0.2, -0.15) is 0 Å². The van der Waals surface area contributed by atoms with Crippen molar-refractivity contribution in [2.45, 2.75) is 40.2 Å². The Kier molecular flexibility index (Phi) is 4.07. The first-order valence-electron chi connectivity index (χ1n) is 6.91. The Balaban J connectivity index is 2.27. The number of hydrogen-bond donors (Lipinski definition) is 1. The second-order valence-corrected chi connectivity index (χ2v) is 7.63. The highest BCUT2D eigenvalue weighted by molar-refractivity contribution is 7.16. The fraction of sp³-hybridized carbons (Fsp3) is 0.714. The maximum Gasteiger partial charge on any atom is 0.304 e. The molecule has 0 radical (unpaired) electrons. The summed E-state index contributed by atoms with van der Waals surface area (Å²) in [5.41, 5.74) is 0.342. The standard InChI is InChI=1S/C14H22N2O3S/c1-9(17)12-7-11(16(18)19)13(20-12)15-6-5-10(8-15)14(2,3)4/h7,9-10,17H,5-6,8H2,1-4H3/t9-,10?/m1/s1. The molecule has 1 N–H and O–H groups in total. The van der Waals surface area contributed by atoms with Crippen LogP contribution in [0.3, 0.4) is 0 Å². The number of nitro groups is 1. The van der Waals surface area contributed by atoms with Crippen LogP contribution in [0.4, 0.5) is 10.7 Å². The van der Waals surface area contributed by atoms with Gasteiger partial charge in [0.15, 0.2) is 5.00 Å². The Morgan fingerprint density at radius 3 is 2.65 bits per heavy atom. The van der Waals surface area contributed by atoms with Crippen molar-refractivity contribution in [2.24, 2.45) is 11.3 Å². The van der Waals surface area contributed by atoms with Gasteiger partial charge < -0.3 is 10.0 Å². The summed E-state index contributed by atoms with van der Waals surface area (Å²) >= 11 is 1.34. The molecular formula is C14H22N2O3S. The highest BCUT2D eigenvalue weighted by Crippen LogP contribution is 2.44. The molecule has 0 saturated carbocycles. The minimum Gasteiger partial charge on any atom is -0.388 e. The predicted octanol–water partition coefficient (Wildman–Crippen LogP) is 3.58. The van der Waals surface area contributed by atoms with Crippen LogP contribution >= 0.6 is 11.3 Å². The van der Waals surface area contributed by atoms with Gasteiger partial charge in [0, 0.05) is 24.0 Å². The first-order valence-corrected chi connectivity index (χ1v) is 7.73. The lowest BCUT2D eigenvalue weighted by molar-refractivity contribution is -0.383. The van der Waals surface area contributed by atoms with E-state index in [2.05, 4.69) is 25.7 Å². The van der Waals surface area contributed by atoms with Crippen LogP contribution in [0.5, 0.6) is 0 Å². The van der Waals surface area contributed by atoms with Crippen LogP contribution in [0, 0.1) is 21.4 Å². The van der Waals surface area contributed by atoms with Crippen molar-refractivity contribution in [2.75, 3.05) is 18.0 Å². The van der Waals surface area contributed by atoms with Crippen LogP contribution in [-0.4, -0.2) is 23.1 Å². The maximum absolute atomic E-state index is 11.2. The number of anilines is 1. The summed E-state index contributed by atoms with van der Waals surface area (Å²) < 4.78 is 0. The Morgan fingerprint density at radius 2 is 2.20 bits per heavy atom. The van der Waals surface area contributed by atoms with Gasteiger partial charge in [-0.05, 0) is 24.7 Å². The van der Waals surface area contributed by atoms with Crippen LogP contribution < -0.4 is 4.90 Å². The molecule has 1 aliphatic rings. The molecule has 2 heterocycles. The second kappa shape index (κ2) is 5.33. The molecule has 1 aliphatic heterocycles. The summed E-state index contributed by atoms with van der Waals surface area (Å²) in [7, 11) is 0. The van der Waals surface area contributed by atoms with Gasteiger partial charge in [0.05, 0.1) is 11.0 Å². The van der Waals surface area contributed by atoms with Gasteiger partial charge >= 0.3 is 5.69 Å². The summed E-state index contributed by atoms with van der Waals surface area (Å²) in [6, 6.07) is 1.51. The van der Waals surface area contributed by atoms with Gasteiger partial charge in [-0.3, -0.25) is 10.1 Å². The van der Waals surface area contributed by atoms with E-state index in [1.807, 2.05) is 0 Å². The molecule has 0 spiro atoms. The Morgan fingerprint density at radius 1 is 1.55 bits per heavy atom. The molecule has 1 aromatic heterocycles. The third kappa shape index (κ3) is 2.96.